The third kappa shape index (κ3) is 3.88. The number of halogens is 5. The number of nitrogens with one attached hydrogen (secondary N) is 1. The van der Waals surface area contributed by atoms with E-state index in [9.17, 15) is 17.6 Å². The molecule has 1 N–H and O–H groups in total. The first-order valence-electron chi connectivity index (χ1n) is 6.16. The van der Waals surface area contributed by atoms with E-state index in [0.29, 0.717) is 5.69 Å². The van der Waals surface area contributed by atoms with Crippen molar-refractivity contribution in [3.05, 3.63) is 64.4 Å². The van der Waals surface area contributed by atoms with Gasteiger partial charge in [0.15, 0.2) is 0 Å². The molecule has 2 aromatic carbocycles. The molecular formula is C15H12ClF4N. The van der Waals surface area contributed by atoms with Crippen LogP contribution in [0.2, 0.25) is 5.02 Å². The van der Waals surface area contributed by atoms with E-state index < -0.39 is 11.7 Å². The van der Waals surface area contributed by atoms with Gasteiger partial charge in [-0.25, -0.2) is 4.39 Å². The molecule has 112 valence electrons. The van der Waals surface area contributed by atoms with Crippen LogP contribution in [0.15, 0.2) is 42.5 Å². The Morgan fingerprint density at radius 3 is 2.24 bits per heavy atom. The lowest BCUT2D eigenvalue weighted by molar-refractivity contribution is -0.137. The molecule has 2 aromatic rings. The van der Waals surface area contributed by atoms with Crippen LogP contribution in [-0.4, -0.2) is 0 Å². The van der Waals surface area contributed by atoms with E-state index in [0.717, 1.165) is 11.6 Å². The summed E-state index contributed by atoms with van der Waals surface area (Å²) in [6, 6.07) is 9.12. The summed E-state index contributed by atoms with van der Waals surface area (Å²) in [5.74, 6) is -0.364. The van der Waals surface area contributed by atoms with E-state index in [2.05, 4.69) is 5.32 Å². The first kappa shape index (κ1) is 15.6. The lowest BCUT2D eigenvalue weighted by Gasteiger charge is -2.17. The second kappa shape index (κ2) is 5.93. The Morgan fingerprint density at radius 2 is 1.67 bits per heavy atom. The molecule has 1 unspecified atom stereocenters. The highest BCUT2D eigenvalue weighted by atomic mass is 35.5. The Bertz CT molecular complexity index is 623. The van der Waals surface area contributed by atoms with Crippen molar-refractivity contribution in [2.75, 3.05) is 5.32 Å². The number of rotatable bonds is 3. The molecule has 0 saturated carbocycles. The Labute approximate surface area is 124 Å². The number of hydrogen-bond donors (Lipinski definition) is 1. The monoisotopic (exact) mass is 317 g/mol. The minimum absolute atomic E-state index is 0.271. The summed E-state index contributed by atoms with van der Waals surface area (Å²) in [4.78, 5) is 0. The van der Waals surface area contributed by atoms with Crippen molar-refractivity contribution >= 4 is 17.3 Å². The highest BCUT2D eigenvalue weighted by molar-refractivity contribution is 6.31. The zero-order chi connectivity index (χ0) is 15.6. The van der Waals surface area contributed by atoms with Crippen LogP contribution in [0.5, 0.6) is 0 Å². The average molecular weight is 318 g/mol. The van der Waals surface area contributed by atoms with Gasteiger partial charge in [-0.3, -0.25) is 0 Å². The van der Waals surface area contributed by atoms with Crippen molar-refractivity contribution in [2.24, 2.45) is 0 Å². The molecule has 1 nitrogen and oxygen atoms in total. The fourth-order valence-electron chi connectivity index (χ4n) is 1.92. The van der Waals surface area contributed by atoms with Crippen LogP contribution < -0.4 is 5.32 Å². The van der Waals surface area contributed by atoms with E-state index >= 15 is 0 Å². The predicted octanol–water partition coefficient (Wildman–Crippen LogP) is 5.67. The molecule has 2 rings (SSSR count). The van der Waals surface area contributed by atoms with E-state index in [1.807, 2.05) is 0 Å². The largest absolute Gasteiger partial charge is 0.417 e. The Balaban J connectivity index is 2.21. The van der Waals surface area contributed by atoms with Gasteiger partial charge in [0.05, 0.1) is 10.6 Å². The number of benzene rings is 2. The molecule has 0 bridgehead atoms. The fraction of sp³-hybridized carbons (Fsp3) is 0.200. The second-order valence-corrected chi connectivity index (χ2v) is 5.02. The summed E-state index contributed by atoms with van der Waals surface area (Å²) in [5.41, 5.74) is 0.170. The quantitative estimate of drug-likeness (QED) is 0.719. The van der Waals surface area contributed by atoms with Crippen LogP contribution in [0.3, 0.4) is 0 Å². The molecule has 0 fully saturated rings. The Hall–Kier alpha value is -1.75. The van der Waals surface area contributed by atoms with Crippen LogP contribution in [0.25, 0.3) is 0 Å². The van der Waals surface area contributed by atoms with Crippen LogP contribution in [0.4, 0.5) is 23.2 Å². The summed E-state index contributed by atoms with van der Waals surface area (Å²) >= 11 is 5.56. The van der Waals surface area contributed by atoms with Gasteiger partial charge < -0.3 is 5.32 Å². The maximum atomic E-state index is 12.8. The topological polar surface area (TPSA) is 12.0 Å². The van der Waals surface area contributed by atoms with E-state index in [1.165, 1.54) is 24.3 Å². The predicted molar refractivity (Wildman–Crippen MR) is 74.9 cm³/mol. The summed E-state index contributed by atoms with van der Waals surface area (Å²) < 4.78 is 51.2. The van der Waals surface area contributed by atoms with Gasteiger partial charge in [0.1, 0.15) is 5.82 Å². The SMILES string of the molecule is CC(Nc1ccc(Cl)c(C(F)(F)F)c1)c1ccc(F)cc1. The molecule has 0 aliphatic rings. The van der Waals surface area contributed by atoms with Crippen LogP contribution in [-0.2, 0) is 6.18 Å². The number of anilines is 1. The van der Waals surface area contributed by atoms with E-state index in [4.69, 9.17) is 11.6 Å². The summed E-state index contributed by atoms with van der Waals surface area (Å²) in [6.45, 7) is 1.77. The standard InChI is InChI=1S/C15H12ClF4N/c1-9(10-2-4-11(17)5-3-10)21-12-6-7-14(16)13(8-12)15(18,19)20/h2-9,21H,1H3. The zero-order valence-electron chi connectivity index (χ0n) is 11.0. The van der Waals surface area contributed by atoms with Crippen molar-refractivity contribution < 1.29 is 17.6 Å². The van der Waals surface area contributed by atoms with Crippen molar-refractivity contribution in [1.82, 2.24) is 0 Å². The third-order valence-corrected chi connectivity index (χ3v) is 3.35. The Morgan fingerprint density at radius 1 is 1.05 bits per heavy atom. The second-order valence-electron chi connectivity index (χ2n) is 4.61. The molecule has 21 heavy (non-hydrogen) atoms. The van der Waals surface area contributed by atoms with E-state index in [-0.39, 0.29) is 16.9 Å². The normalized spacial score (nSPS) is 13.0. The lowest BCUT2D eigenvalue weighted by atomic mass is 10.1. The van der Waals surface area contributed by atoms with Gasteiger partial charge in [0.25, 0.3) is 0 Å². The lowest BCUT2D eigenvalue weighted by Crippen LogP contribution is -2.10. The molecule has 0 amide bonds. The van der Waals surface area contributed by atoms with Crippen molar-refractivity contribution in [2.45, 2.75) is 19.1 Å². The molecule has 0 aliphatic carbocycles. The summed E-state index contributed by atoms with van der Waals surface area (Å²) in [7, 11) is 0. The summed E-state index contributed by atoms with van der Waals surface area (Å²) in [5, 5.41) is 2.59. The van der Waals surface area contributed by atoms with Crippen LogP contribution in [0, 0.1) is 5.82 Å². The van der Waals surface area contributed by atoms with Gasteiger partial charge in [0.2, 0.25) is 0 Å². The minimum atomic E-state index is -4.51. The van der Waals surface area contributed by atoms with Gasteiger partial charge in [0, 0.05) is 11.7 Å². The average Bonchev–Trinajstić information content (AvgIpc) is 2.40. The molecule has 0 heterocycles. The van der Waals surface area contributed by atoms with Crippen molar-refractivity contribution in [1.29, 1.82) is 0 Å². The number of hydrogen-bond acceptors (Lipinski definition) is 1. The Kier molecular flexibility index (Phi) is 4.42. The molecular weight excluding hydrogens is 306 g/mol. The molecule has 0 spiro atoms. The third-order valence-electron chi connectivity index (χ3n) is 3.02. The number of alkyl halides is 3. The maximum Gasteiger partial charge on any atom is 0.417 e. The van der Waals surface area contributed by atoms with Gasteiger partial charge in [-0.05, 0) is 42.8 Å². The fourth-order valence-corrected chi connectivity index (χ4v) is 2.14. The van der Waals surface area contributed by atoms with Gasteiger partial charge >= 0.3 is 6.18 Å². The van der Waals surface area contributed by atoms with Crippen LogP contribution >= 0.6 is 11.6 Å². The van der Waals surface area contributed by atoms with Gasteiger partial charge in [-0.2, -0.15) is 13.2 Å². The first-order chi connectivity index (χ1) is 9.77. The minimum Gasteiger partial charge on any atom is -0.379 e. The first-order valence-corrected chi connectivity index (χ1v) is 6.54. The van der Waals surface area contributed by atoms with Gasteiger partial charge in [-0.15, -0.1) is 0 Å². The van der Waals surface area contributed by atoms with Crippen molar-refractivity contribution in [3.63, 3.8) is 0 Å². The molecule has 0 saturated heterocycles. The molecule has 0 radical (unpaired) electrons. The molecule has 0 aromatic heterocycles. The highest BCUT2D eigenvalue weighted by Gasteiger charge is 2.33. The highest BCUT2D eigenvalue weighted by Crippen LogP contribution is 2.36. The zero-order valence-corrected chi connectivity index (χ0v) is 11.8. The van der Waals surface area contributed by atoms with Gasteiger partial charge in [-0.1, -0.05) is 23.7 Å². The smallest absolute Gasteiger partial charge is 0.379 e. The van der Waals surface area contributed by atoms with E-state index in [1.54, 1.807) is 19.1 Å². The van der Waals surface area contributed by atoms with Crippen LogP contribution in [0.1, 0.15) is 24.1 Å². The summed E-state index contributed by atoms with van der Waals surface area (Å²) in [6.07, 6.45) is -4.51. The molecule has 1 atom stereocenters. The molecule has 0 aliphatic heterocycles. The molecule has 6 heteroatoms. The maximum absolute atomic E-state index is 12.8. The van der Waals surface area contributed by atoms with Crippen molar-refractivity contribution in [3.8, 4) is 0 Å².